The zero-order valence-electron chi connectivity index (χ0n) is 10.4. The minimum Gasteiger partial charge on any atom is -0.271 e. The van der Waals surface area contributed by atoms with E-state index in [0.29, 0.717) is 5.56 Å². The van der Waals surface area contributed by atoms with E-state index in [1.54, 1.807) is 11.8 Å². The van der Waals surface area contributed by atoms with Gasteiger partial charge in [-0.2, -0.15) is 0 Å². The first-order valence-corrected chi connectivity index (χ1v) is 6.93. The molecule has 0 spiro atoms. The minimum absolute atomic E-state index is 0.320. The van der Waals surface area contributed by atoms with Crippen molar-refractivity contribution < 1.29 is 8.78 Å². The molecule has 0 fully saturated rings. The Hall–Kier alpha value is -1.43. The summed E-state index contributed by atoms with van der Waals surface area (Å²) in [7, 11) is 0. The fourth-order valence-corrected chi connectivity index (χ4v) is 2.31. The highest BCUT2D eigenvalue weighted by molar-refractivity contribution is 7.98. The molecule has 100 valence electrons. The van der Waals surface area contributed by atoms with Gasteiger partial charge in [0.05, 0.1) is 6.04 Å². The van der Waals surface area contributed by atoms with Gasteiger partial charge in [-0.05, 0) is 30.0 Å². The van der Waals surface area contributed by atoms with E-state index in [9.17, 15) is 8.78 Å². The highest BCUT2D eigenvalue weighted by atomic mass is 32.2. The van der Waals surface area contributed by atoms with E-state index >= 15 is 0 Å². The predicted molar refractivity (Wildman–Crippen MR) is 73.7 cm³/mol. The molecule has 3 N–H and O–H groups in total. The molecule has 2 nitrogen and oxygen atoms in total. The highest BCUT2D eigenvalue weighted by Gasteiger charge is 2.16. The van der Waals surface area contributed by atoms with Gasteiger partial charge < -0.3 is 0 Å². The molecule has 19 heavy (non-hydrogen) atoms. The van der Waals surface area contributed by atoms with Crippen molar-refractivity contribution in [3.8, 4) is 0 Å². The quantitative estimate of drug-likeness (QED) is 0.513. The van der Waals surface area contributed by atoms with Gasteiger partial charge >= 0.3 is 0 Å². The SMILES string of the molecule is CSc1ccc(C(NN)c2ccc(F)cc2F)cc1. The second-order valence-corrected chi connectivity index (χ2v) is 4.92. The standard InChI is InChI=1S/C14H14F2N2S/c1-19-11-5-2-9(3-6-11)14(18-17)12-7-4-10(15)8-13(12)16/h2-8,14,18H,17H2,1H3. The molecule has 2 aromatic carbocycles. The maximum absolute atomic E-state index is 13.8. The Bertz CT molecular complexity index is 558. The molecule has 0 aliphatic rings. The van der Waals surface area contributed by atoms with Crippen LogP contribution in [0.1, 0.15) is 17.2 Å². The number of hydrogen-bond donors (Lipinski definition) is 2. The monoisotopic (exact) mass is 280 g/mol. The van der Waals surface area contributed by atoms with E-state index in [2.05, 4.69) is 5.43 Å². The molecule has 0 saturated carbocycles. The number of thioether (sulfide) groups is 1. The van der Waals surface area contributed by atoms with E-state index in [4.69, 9.17) is 5.84 Å². The summed E-state index contributed by atoms with van der Waals surface area (Å²) in [5.41, 5.74) is 3.71. The average Bonchev–Trinajstić information content (AvgIpc) is 2.42. The molecule has 0 saturated heterocycles. The lowest BCUT2D eigenvalue weighted by molar-refractivity contribution is 0.541. The first kappa shape index (κ1) is 14.0. The Kier molecular flexibility index (Phi) is 4.52. The predicted octanol–water partition coefficient (Wildman–Crippen LogP) is 3.24. The Morgan fingerprint density at radius 2 is 1.79 bits per heavy atom. The second kappa shape index (κ2) is 6.14. The first-order valence-electron chi connectivity index (χ1n) is 5.70. The van der Waals surface area contributed by atoms with E-state index in [1.807, 2.05) is 30.5 Å². The molecule has 0 aromatic heterocycles. The third-order valence-electron chi connectivity index (χ3n) is 2.89. The Morgan fingerprint density at radius 3 is 2.32 bits per heavy atom. The molecule has 0 aliphatic carbocycles. The molecule has 0 bridgehead atoms. The van der Waals surface area contributed by atoms with Gasteiger partial charge in [0.25, 0.3) is 0 Å². The lowest BCUT2D eigenvalue weighted by atomic mass is 9.99. The largest absolute Gasteiger partial charge is 0.271 e. The van der Waals surface area contributed by atoms with Gasteiger partial charge in [0, 0.05) is 16.5 Å². The number of benzene rings is 2. The van der Waals surface area contributed by atoms with Gasteiger partial charge in [-0.25, -0.2) is 14.2 Å². The van der Waals surface area contributed by atoms with Crippen LogP contribution in [0, 0.1) is 11.6 Å². The van der Waals surface area contributed by atoms with Gasteiger partial charge in [-0.1, -0.05) is 18.2 Å². The Balaban J connectivity index is 2.37. The topological polar surface area (TPSA) is 38.0 Å². The molecule has 0 aliphatic heterocycles. The molecule has 1 unspecified atom stereocenters. The smallest absolute Gasteiger partial charge is 0.131 e. The summed E-state index contributed by atoms with van der Waals surface area (Å²) in [4.78, 5) is 1.11. The summed E-state index contributed by atoms with van der Waals surface area (Å²) >= 11 is 1.62. The average molecular weight is 280 g/mol. The van der Waals surface area contributed by atoms with Gasteiger partial charge in [-0.15, -0.1) is 11.8 Å². The molecule has 2 aromatic rings. The van der Waals surface area contributed by atoms with E-state index < -0.39 is 17.7 Å². The van der Waals surface area contributed by atoms with Crippen molar-refractivity contribution in [1.29, 1.82) is 0 Å². The van der Waals surface area contributed by atoms with Crippen molar-refractivity contribution in [2.24, 2.45) is 5.84 Å². The van der Waals surface area contributed by atoms with Crippen LogP contribution in [0.25, 0.3) is 0 Å². The summed E-state index contributed by atoms with van der Waals surface area (Å²) in [6.45, 7) is 0. The third-order valence-corrected chi connectivity index (χ3v) is 3.63. The number of rotatable bonds is 4. The molecule has 0 radical (unpaired) electrons. The van der Waals surface area contributed by atoms with Crippen LogP contribution in [-0.2, 0) is 0 Å². The van der Waals surface area contributed by atoms with Crippen LogP contribution in [-0.4, -0.2) is 6.26 Å². The summed E-state index contributed by atoms with van der Waals surface area (Å²) in [6.07, 6.45) is 1.98. The van der Waals surface area contributed by atoms with E-state index in [1.165, 1.54) is 12.1 Å². The molecule has 2 rings (SSSR count). The Labute approximate surface area is 115 Å². The minimum atomic E-state index is -0.614. The van der Waals surface area contributed by atoms with Crippen molar-refractivity contribution in [3.05, 3.63) is 65.2 Å². The fourth-order valence-electron chi connectivity index (χ4n) is 1.90. The normalized spacial score (nSPS) is 12.4. The lowest BCUT2D eigenvalue weighted by Crippen LogP contribution is -2.29. The van der Waals surface area contributed by atoms with Crippen LogP contribution in [0.4, 0.5) is 8.78 Å². The van der Waals surface area contributed by atoms with Crippen LogP contribution in [0.15, 0.2) is 47.4 Å². The van der Waals surface area contributed by atoms with Gasteiger partial charge in [0.2, 0.25) is 0 Å². The number of halogens is 2. The number of hydrogen-bond acceptors (Lipinski definition) is 3. The maximum Gasteiger partial charge on any atom is 0.131 e. The lowest BCUT2D eigenvalue weighted by Gasteiger charge is -2.18. The van der Waals surface area contributed by atoms with Crippen molar-refractivity contribution in [3.63, 3.8) is 0 Å². The van der Waals surface area contributed by atoms with Crippen molar-refractivity contribution in [1.82, 2.24) is 5.43 Å². The number of nitrogens with one attached hydrogen (secondary N) is 1. The van der Waals surface area contributed by atoms with Gasteiger partial charge in [0.1, 0.15) is 11.6 Å². The molecular formula is C14H14F2N2S. The number of hydrazine groups is 1. The molecule has 0 heterocycles. The summed E-state index contributed by atoms with van der Waals surface area (Å²) in [5.74, 6) is 4.28. The van der Waals surface area contributed by atoms with E-state index in [0.717, 1.165) is 16.5 Å². The van der Waals surface area contributed by atoms with Crippen LogP contribution in [0.3, 0.4) is 0 Å². The molecule has 0 amide bonds. The van der Waals surface area contributed by atoms with Crippen LogP contribution < -0.4 is 11.3 Å². The van der Waals surface area contributed by atoms with Gasteiger partial charge in [-0.3, -0.25) is 5.84 Å². The van der Waals surface area contributed by atoms with Crippen molar-refractivity contribution >= 4 is 11.8 Å². The number of nitrogens with two attached hydrogens (primary N) is 1. The summed E-state index contributed by atoms with van der Waals surface area (Å²) in [6, 6.07) is 10.6. The third kappa shape index (κ3) is 3.12. The zero-order chi connectivity index (χ0) is 13.8. The molecule has 5 heteroatoms. The maximum atomic E-state index is 13.8. The van der Waals surface area contributed by atoms with Crippen LogP contribution >= 0.6 is 11.8 Å². The van der Waals surface area contributed by atoms with Crippen LogP contribution in [0.5, 0.6) is 0 Å². The highest BCUT2D eigenvalue weighted by Crippen LogP contribution is 2.26. The fraction of sp³-hybridized carbons (Fsp3) is 0.143. The summed E-state index contributed by atoms with van der Waals surface area (Å²) in [5, 5.41) is 0. The first-order chi connectivity index (χ1) is 9.15. The van der Waals surface area contributed by atoms with Crippen LogP contribution in [0.2, 0.25) is 0 Å². The van der Waals surface area contributed by atoms with Gasteiger partial charge in [0.15, 0.2) is 0 Å². The summed E-state index contributed by atoms with van der Waals surface area (Å²) < 4.78 is 26.7. The Morgan fingerprint density at radius 1 is 1.11 bits per heavy atom. The molecular weight excluding hydrogens is 266 g/mol. The van der Waals surface area contributed by atoms with Crippen molar-refractivity contribution in [2.75, 3.05) is 6.26 Å². The van der Waals surface area contributed by atoms with Crippen molar-refractivity contribution in [2.45, 2.75) is 10.9 Å². The molecule has 1 atom stereocenters. The second-order valence-electron chi connectivity index (χ2n) is 4.04. The van der Waals surface area contributed by atoms with E-state index in [-0.39, 0.29) is 0 Å². The zero-order valence-corrected chi connectivity index (χ0v) is 11.2.